The second-order valence-corrected chi connectivity index (χ2v) is 7.33. The van der Waals surface area contributed by atoms with Crippen molar-refractivity contribution in [3.05, 3.63) is 81.3 Å². The Morgan fingerprint density at radius 2 is 1.77 bits per heavy atom. The predicted molar refractivity (Wildman–Crippen MR) is 110 cm³/mol. The molecular formula is C22H18N4O4. The number of hydrogen-bond acceptors (Lipinski definition) is 6. The number of aromatic nitrogens is 3. The summed E-state index contributed by atoms with van der Waals surface area (Å²) in [7, 11) is 0. The van der Waals surface area contributed by atoms with E-state index in [-0.39, 0.29) is 28.7 Å². The van der Waals surface area contributed by atoms with Crippen LogP contribution in [0.3, 0.4) is 0 Å². The molecule has 1 amide bonds. The lowest BCUT2D eigenvalue weighted by Gasteiger charge is -2.32. The fourth-order valence-electron chi connectivity index (χ4n) is 3.95. The monoisotopic (exact) mass is 402 g/mol. The van der Waals surface area contributed by atoms with Crippen molar-refractivity contribution in [3.8, 4) is 0 Å². The topological polar surface area (TPSA) is 98.3 Å². The molecule has 0 N–H and O–H groups in total. The fraction of sp³-hybridized carbons (Fsp3) is 0.227. The number of para-hydroxylation sites is 1. The van der Waals surface area contributed by atoms with Crippen molar-refractivity contribution < 1.29 is 9.21 Å². The maximum Gasteiger partial charge on any atom is 0.289 e. The Morgan fingerprint density at radius 1 is 1.00 bits per heavy atom. The van der Waals surface area contributed by atoms with E-state index in [1.807, 2.05) is 0 Å². The first kappa shape index (κ1) is 18.2. The summed E-state index contributed by atoms with van der Waals surface area (Å²) in [5.74, 6) is -0.280. The van der Waals surface area contributed by atoms with E-state index in [9.17, 15) is 14.4 Å². The van der Waals surface area contributed by atoms with Crippen molar-refractivity contribution in [1.82, 2.24) is 19.4 Å². The molecule has 5 rings (SSSR count). The maximum absolute atomic E-state index is 12.9. The quantitative estimate of drug-likeness (QED) is 0.511. The van der Waals surface area contributed by atoms with Crippen molar-refractivity contribution in [2.45, 2.75) is 18.9 Å². The molecule has 30 heavy (non-hydrogen) atoms. The first-order valence-electron chi connectivity index (χ1n) is 9.76. The number of nitrogens with zero attached hydrogens (tertiary/aromatic N) is 4. The van der Waals surface area contributed by atoms with Crippen LogP contribution < -0.4 is 11.0 Å². The molecule has 3 aromatic heterocycles. The van der Waals surface area contributed by atoms with Crippen molar-refractivity contribution >= 4 is 27.9 Å². The van der Waals surface area contributed by atoms with Gasteiger partial charge in [-0.15, -0.1) is 0 Å². The molecule has 4 heterocycles. The molecule has 0 unspecified atom stereocenters. The number of hydrogen-bond donors (Lipinski definition) is 0. The Morgan fingerprint density at radius 3 is 2.60 bits per heavy atom. The molecule has 0 aliphatic carbocycles. The van der Waals surface area contributed by atoms with Crippen LogP contribution in [0, 0.1) is 0 Å². The smallest absolute Gasteiger partial charge is 0.289 e. The minimum absolute atomic E-state index is 0.0350. The summed E-state index contributed by atoms with van der Waals surface area (Å²) in [5.41, 5.74) is 0.458. The molecule has 0 radical (unpaired) electrons. The van der Waals surface area contributed by atoms with Gasteiger partial charge in [-0.05, 0) is 37.1 Å². The number of rotatable bonds is 2. The standard InChI is InChI=1S/C22H18N4O4/c27-17-12-19(30-18-6-2-1-4-15(17)18)22(29)25-10-7-14(8-11-25)26-13-24-20-16(21(26)28)5-3-9-23-20/h1-6,9,12-14H,7-8,10-11H2. The minimum atomic E-state index is -0.315. The van der Waals surface area contributed by atoms with Gasteiger partial charge in [0.2, 0.25) is 0 Å². The molecule has 0 spiro atoms. The molecular weight excluding hydrogens is 384 g/mol. The minimum Gasteiger partial charge on any atom is -0.451 e. The van der Waals surface area contributed by atoms with Crippen molar-refractivity contribution in [3.63, 3.8) is 0 Å². The van der Waals surface area contributed by atoms with Crippen LogP contribution in [-0.4, -0.2) is 38.4 Å². The molecule has 0 saturated carbocycles. The van der Waals surface area contributed by atoms with Gasteiger partial charge in [0, 0.05) is 31.4 Å². The van der Waals surface area contributed by atoms with E-state index in [1.165, 1.54) is 12.4 Å². The van der Waals surface area contributed by atoms with Gasteiger partial charge in [0.1, 0.15) is 11.9 Å². The van der Waals surface area contributed by atoms with E-state index in [0.717, 1.165) is 0 Å². The first-order chi connectivity index (χ1) is 14.6. The third-order valence-electron chi connectivity index (χ3n) is 5.55. The Kier molecular flexibility index (Phi) is 4.39. The van der Waals surface area contributed by atoms with E-state index in [0.29, 0.717) is 47.9 Å². The molecule has 1 aliphatic heterocycles. The van der Waals surface area contributed by atoms with Gasteiger partial charge in [0.05, 0.1) is 10.8 Å². The van der Waals surface area contributed by atoms with Crippen LogP contribution in [0.5, 0.6) is 0 Å². The summed E-state index contributed by atoms with van der Waals surface area (Å²) in [5, 5.41) is 0.932. The number of carbonyl (C=O) groups is 1. The third-order valence-corrected chi connectivity index (χ3v) is 5.55. The van der Waals surface area contributed by atoms with Crippen molar-refractivity contribution in [2.75, 3.05) is 13.1 Å². The number of piperidine rings is 1. The summed E-state index contributed by atoms with van der Waals surface area (Å²) >= 11 is 0. The van der Waals surface area contributed by atoms with Crippen LogP contribution in [0.4, 0.5) is 0 Å². The number of likely N-dealkylation sites (tertiary alicyclic amines) is 1. The number of amides is 1. The number of pyridine rings is 1. The van der Waals surface area contributed by atoms with Gasteiger partial charge < -0.3 is 9.32 Å². The van der Waals surface area contributed by atoms with Crippen LogP contribution in [0.1, 0.15) is 29.4 Å². The summed E-state index contributed by atoms with van der Waals surface area (Å²) in [6.07, 6.45) is 4.35. The number of fused-ring (bicyclic) bond motifs is 2. The van der Waals surface area contributed by atoms with Crippen LogP contribution in [0.2, 0.25) is 0 Å². The van der Waals surface area contributed by atoms with Gasteiger partial charge >= 0.3 is 0 Å². The lowest BCUT2D eigenvalue weighted by atomic mass is 10.0. The van der Waals surface area contributed by atoms with Gasteiger partial charge in [0.15, 0.2) is 16.8 Å². The average Bonchev–Trinajstić information content (AvgIpc) is 2.79. The Balaban J connectivity index is 1.36. The Hall–Kier alpha value is -3.81. The van der Waals surface area contributed by atoms with E-state index in [2.05, 4.69) is 9.97 Å². The van der Waals surface area contributed by atoms with Crippen molar-refractivity contribution in [2.24, 2.45) is 0 Å². The second-order valence-electron chi connectivity index (χ2n) is 7.33. The zero-order valence-corrected chi connectivity index (χ0v) is 16.0. The van der Waals surface area contributed by atoms with Gasteiger partial charge in [-0.1, -0.05) is 12.1 Å². The molecule has 0 atom stereocenters. The van der Waals surface area contributed by atoms with Crippen LogP contribution in [0.25, 0.3) is 22.0 Å². The molecule has 1 fully saturated rings. The normalized spacial score (nSPS) is 15.0. The zero-order valence-electron chi connectivity index (χ0n) is 16.0. The first-order valence-corrected chi connectivity index (χ1v) is 9.76. The van der Waals surface area contributed by atoms with E-state index in [1.54, 1.807) is 52.1 Å². The van der Waals surface area contributed by atoms with Crippen molar-refractivity contribution in [1.29, 1.82) is 0 Å². The number of benzene rings is 1. The van der Waals surface area contributed by atoms with Gasteiger partial charge in [0.25, 0.3) is 11.5 Å². The summed E-state index contributed by atoms with van der Waals surface area (Å²) in [6.45, 7) is 0.912. The third kappa shape index (κ3) is 3.06. The van der Waals surface area contributed by atoms with Crippen LogP contribution in [-0.2, 0) is 0 Å². The molecule has 1 aromatic carbocycles. The summed E-state index contributed by atoms with van der Waals surface area (Å²) < 4.78 is 7.30. The molecule has 150 valence electrons. The Bertz CT molecular complexity index is 1380. The zero-order chi connectivity index (χ0) is 20.7. The molecule has 0 bridgehead atoms. The Labute approximate surface area is 170 Å². The van der Waals surface area contributed by atoms with Crippen LogP contribution >= 0.6 is 0 Å². The largest absolute Gasteiger partial charge is 0.451 e. The summed E-state index contributed by atoms with van der Waals surface area (Å²) in [6, 6.07) is 11.5. The van der Waals surface area contributed by atoms with E-state index >= 15 is 0 Å². The molecule has 8 heteroatoms. The number of carbonyl (C=O) groups excluding carboxylic acids is 1. The lowest BCUT2D eigenvalue weighted by molar-refractivity contribution is 0.0661. The van der Waals surface area contributed by atoms with Gasteiger partial charge in [-0.2, -0.15) is 0 Å². The molecule has 1 aliphatic rings. The maximum atomic E-state index is 12.9. The van der Waals surface area contributed by atoms with E-state index < -0.39 is 0 Å². The molecule has 4 aromatic rings. The highest BCUT2D eigenvalue weighted by molar-refractivity contribution is 5.93. The average molecular weight is 402 g/mol. The fourth-order valence-corrected chi connectivity index (χ4v) is 3.95. The summed E-state index contributed by atoms with van der Waals surface area (Å²) in [4.78, 5) is 48.0. The van der Waals surface area contributed by atoms with Crippen LogP contribution in [0.15, 0.2) is 69.0 Å². The van der Waals surface area contributed by atoms with Gasteiger partial charge in [-0.25, -0.2) is 9.97 Å². The SMILES string of the molecule is O=C(c1cc(=O)c2ccccc2o1)N1CCC(n2cnc3ncccc3c2=O)CC1. The van der Waals surface area contributed by atoms with E-state index in [4.69, 9.17) is 4.42 Å². The van der Waals surface area contributed by atoms with Gasteiger partial charge in [-0.3, -0.25) is 19.0 Å². The molecule has 8 nitrogen and oxygen atoms in total. The highest BCUT2D eigenvalue weighted by Gasteiger charge is 2.27. The highest BCUT2D eigenvalue weighted by atomic mass is 16.3. The highest BCUT2D eigenvalue weighted by Crippen LogP contribution is 2.23. The second kappa shape index (κ2) is 7.22. The molecule has 1 saturated heterocycles. The predicted octanol–water partition coefficient (Wildman–Crippen LogP) is 2.38. The lowest BCUT2D eigenvalue weighted by Crippen LogP contribution is -2.41.